The van der Waals surface area contributed by atoms with Gasteiger partial charge in [0.2, 0.25) is 0 Å². The van der Waals surface area contributed by atoms with Gasteiger partial charge in [-0.05, 0) is 17.7 Å². The Hall–Kier alpha value is -1.40. The summed E-state index contributed by atoms with van der Waals surface area (Å²) >= 11 is 3.11. The lowest BCUT2D eigenvalue weighted by Crippen LogP contribution is -2.11. The summed E-state index contributed by atoms with van der Waals surface area (Å²) in [5.41, 5.74) is 0.149. The average Bonchev–Trinajstić information content (AvgIpc) is 2.27. The Morgan fingerprint density at radius 2 is 2.00 bits per heavy atom. The fourth-order valence-electron chi connectivity index (χ4n) is 1.32. The van der Waals surface area contributed by atoms with Crippen molar-refractivity contribution in [3.8, 4) is 5.75 Å². The predicted molar refractivity (Wildman–Crippen MR) is 63.4 cm³/mol. The van der Waals surface area contributed by atoms with Gasteiger partial charge < -0.3 is 15.3 Å². The van der Waals surface area contributed by atoms with E-state index in [0.717, 1.165) is 6.07 Å². The van der Waals surface area contributed by atoms with Crippen molar-refractivity contribution >= 4 is 27.7 Å². The van der Waals surface area contributed by atoms with Gasteiger partial charge >= 0.3 is 5.97 Å². The maximum absolute atomic E-state index is 11.5. The number of Topliss-reactive ketones (excluding diaryl/α,β-unsaturated/α-hetero) is 1. The van der Waals surface area contributed by atoms with Crippen LogP contribution in [0.4, 0.5) is 0 Å². The van der Waals surface area contributed by atoms with Gasteiger partial charge in [-0.1, -0.05) is 22.0 Å². The first kappa shape index (κ1) is 13.7. The van der Waals surface area contributed by atoms with Crippen molar-refractivity contribution in [3.63, 3.8) is 0 Å². The summed E-state index contributed by atoms with van der Waals surface area (Å²) in [7, 11) is 0. The van der Waals surface area contributed by atoms with Gasteiger partial charge in [-0.2, -0.15) is 0 Å². The van der Waals surface area contributed by atoms with Crippen molar-refractivity contribution in [3.05, 3.63) is 29.3 Å². The van der Waals surface area contributed by atoms with Crippen LogP contribution in [-0.4, -0.2) is 32.4 Å². The second kappa shape index (κ2) is 5.79. The molecule has 0 saturated heterocycles. The molecular weight excluding hydrogens is 292 g/mol. The van der Waals surface area contributed by atoms with Crippen molar-refractivity contribution < 1.29 is 24.9 Å². The van der Waals surface area contributed by atoms with E-state index >= 15 is 0 Å². The first-order chi connectivity index (χ1) is 7.97. The summed E-state index contributed by atoms with van der Waals surface area (Å²) in [6.45, 7) is 0. The third kappa shape index (κ3) is 3.28. The maximum atomic E-state index is 11.5. The Bertz CT molecular complexity index is 443. The standard InChI is InChI=1S/C11H11BrO5/c12-4-3-8(13)7-2-1-6(5-9(7)14)10(15)11(16)17/h1-2,5,10,14-15H,3-4H2,(H,16,17). The number of aliphatic carboxylic acids is 1. The second-order valence-electron chi connectivity index (χ2n) is 3.38. The molecule has 0 saturated carbocycles. The summed E-state index contributed by atoms with van der Waals surface area (Å²) in [5.74, 6) is -1.99. The number of phenols is 1. The minimum atomic E-state index is -1.71. The van der Waals surface area contributed by atoms with Crippen LogP contribution in [0.5, 0.6) is 5.75 Å². The summed E-state index contributed by atoms with van der Waals surface area (Å²) in [5, 5.41) is 27.9. The summed E-state index contributed by atoms with van der Waals surface area (Å²) in [4.78, 5) is 22.0. The lowest BCUT2D eigenvalue weighted by Gasteiger charge is -2.08. The molecule has 0 bridgehead atoms. The number of hydrogen-bond donors (Lipinski definition) is 3. The minimum Gasteiger partial charge on any atom is -0.507 e. The monoisotopic (exact) mass is 302 g/mol. The van der Waals surface area contributed by atoms with Crippen LogP contribution >= 0.6 is 15.9 Å². The minimum absolute atomic E-state index is 0.0328. The number of carboxylic acid groups (broad SMARTS) is 1. The van der Waals surface area contributed by atoms with Crippen LogP contribution in [0.25, 0.3) is 0 Å². The highest BCUT2D eigenvalue weighted by Gasteiger charge is 2.18. The maximum Gasteiger partial charge on any atom is 0.337 e. The van der Waals surface area contributed by atoms with Gasteiger partial charge in [0.1, 0.15) is 5.75 Å². The highest BCUT2D eigenvalue weighted by atomic mass is 79.9. The van der Waals surface area contributed by atoms with E-state index in [1.165, 1.54) is 12.1 Å². The van der Waals surface area contributed by atoms with E-state index in [4.69, 9.17) is 5.11 Å². The average molecular weight is 303 g/mol. The van der Waals surface area contributed by atoms with Gasteiger partial charge in [-0.15, -0.1) is 0 Å². The van der Waals surface area contributed by atoms with Gasteiger partial charge in [0.15, 0.2) is 11.9 Å². The fourth-order valence-corrected chi connectivity index (χ4v) is 1.68. The Morgan fingerprint density at radius 3 is 2.47 bits per heavy atom. The third-order valence-electron chi connectivity index (χ3n) is 2.19. The highest BCUT2D eigenvalue weighted by molar-refractivity contribution is 9.09. The number of carbonyl (C=O) groups is 2. The Labute approximate surface area is 106 Å². The zero-order chi connectivity index (χ0) is 13.0. The smallest absolute Gasteiger partial charge is 0.337 e. The molecule has 3 N–H and O–H groups in total. The van der Waals surface area contributed by atoms with Gasteiger partial charge in [0, 0.05) is 11.8 Å². The van der Waals surface area contributed by atoms with Crippen molar-refractivity contribution in [2.75, 3.05) is 5.33 Å². The Balaban J connectivity index is 3.01. The molecule has 6 heteroatoms. The molecule has 17 heavy (non-hydrogen) atoms. The number of carbonyl (C=O) groups excluding carboxylic acids is 1. The number of benzene rings is 1. The van der Waals surface area contributed by atoms with Gasteiger partial charge in [-0.25, -0.2) is 4.79 Å². The Morgan fingerprint density at radius 1 is 1.35 bits per heavy atom. The van der Waals surface area contributed by atoms with E-state index in [0.29, 0.717) is 5.33 Å². The first-order valence-electron chi connectivity index (χ1n) is 4.80. The summed E-state index contributed by atoms with van der Waals surface area (Å²) < 4.78 is 0. The van der Waals surface area contributed by atoms with E-state index in [1.54, 1.807) is 0 Å². The third-order valence-corrected chi connectivity index (χ3v) is 2.59. The molecule has 0 radical (unpaired) electrons. The van der Waals surface area contributed by atoms with Crippen molar-refractivity contribution in [2.45, 2.75) is 12.5 Å². The SMILES string of the molecule is O=C(CCBr)c1ccc(C(O)C(=O)O)cc1O. The molecule has 1 atom stereocenters. The first-order valence-corrected chi connectivity index (χ1v) is 5.92. The lowest BCUT2D eigenvalue weighted by atomic mass is 10.0. The molecule has 5 nitrogen and oxygen atoms in total. The fraction of sp³-hybridized carbons (Fsp3) is 0.273. The van der Waals surface area contributed by atoms with Gasteiger partial charge in [0.05, 0.1) is 5.56 Å². The van der Waals surface area contributed by atoms with Gasteiger partial charge in [-0.3, -0.25) is 4.79 Å². The van der Waals surface area contributed by atoms with E-state index < -0.39 is 12.1 Å². The van der Waals surface area contributed by atoms with Crippen LogP contribution in [-0.2, 0) is 4.79 Å². The second-order valence-corrected chi connectivity index (χ2v) is 4.17. The molecule has 0 aliphatic heterocycles. The predicted octanol–water partition coefficient (Wildman–Crippen LogP) is 1.48. The van der Waals surface area contributed by atoms with E-state index in [-0.39, 0.29) is 29.1 Å². The molecule has 0 heterocycles. The molecule has 0 aromatic heterocycles. The van der Waals surface area contributed by atoms with Crippen LogP contribution < -0.4 is 0 Å². The number of halogens is 1. The van der Waals surface area contributed by atoms with E-state index in [9.17, 15) is 19.8 Å². The topological polar surface area (TPSA) is 94.8 Å². The number of alkyl halides is 1. The lowest BCUT2D eigenvalue weighted by molar-refractivity contribution is -0.146. The zero-order valence-corrected chi connectivity index (χ0v) is 10.3. The molecule has 0 spiro atoms. The van der Waals surface area contributed by atoms with Crippen LogP contribution in [0.3, 0.4) is 0 Å². The number of aromatic hydroxyl groups is 1. The number of aliphatic hydroxyl groups excluding tert-OH is 1. The number of carboxylic acids is 1. The van der Waals surface area contributed by atoms with Crippen LogP contribution in [0.15, 0.2) is 18.2 Å². The number of ketones is 1. The van der Waals surface area contributed by atoms with Crippen LogP contribution in [0.2, 0.25) is 0 Å². The van der Waals surface area contributed by atoms with E-state index in [2.05, 4.69) is 15.9 Å². The number of aliphatic hydroxyl groups is 1. The molecule has 0 fully saturated rings. The summed E-state index contributed by atoms with van der Waals surface area (Å²) in [6.07, 6.45) is -1.48. The molecule has 1 aromatic rings. The van der Waals surface area contributed by atoms with E-state index in [1.807, 2.05) is 0 Å². The Kier molecular flexibility index (Phi) is 4.65. The zero-order valence-electron chi connectivity index (χ0n) is 8.76. The van der Waals surface area contributed by atoms with Gasteiger partial charge in [0.25, 0.3) is 0 Å². The number of hydrogen-bond acceptors (Lipinski definition) is 4. The quantitative estimate of drug-likeness (QED) is 0.566. The number of rotatable bonds is 5. The molecular formula is C11H11BrO5. The van der Waals surface area contributed by atoms with Crippen molar-refractivity contribution in [2.24, 2.45) is 0 Å². The molecule has 0 amide bonds. The molecule has 1 unspecified atom stereocenters. The van der Waals surface area contributed by atoms with Crippen LogP contribution in [0.1, 0.15) is 28.4 Å². The van der Waals surface area contributed by atoms with Crippen molar-refractivity contribution in [1.82, 2.24) is 0 Å². The molecule has 1 rings (SSSR count). The normalized spacial score (nSPS) is 12.1. The molecule has 0 aliphatic rings. The molecule has 1 aromatic carbocycles. The highest BCUT2D eigenvalue weighted by Crippen LogP contribution is 2.24. The number of phenolic OH excluding ortho intramolecular Hbond substituents is 1. The largest absolute Gasteiger partial charge is 0.507 e. The summed E-state index contributed by atoms with van der Waals surface area (Å²) in [6, 6.07) is 3.70. The van der Waals surface area contributed by atoms with Crippen LogP contribution in [0, 0.1) is 0 Å². The molecule has 0 aliphatic carbocycles. The van der Waals surface area contributed by atoms with Crippen molar-refractivity contribution in [1.29, 1.82) is 0 Å². The molecule has 92 valence electrons.